The maximum atomic E-state index is 12.1. The summed E-state index contributed by atoms with van der Waals surface area (Å²) in [7, 11) is -3.33. The van der Waals surface area contributed by atoms with E-state index in [0.717, 1.165) is 19.1 Å². The Bertz CT molecular complexity index is 604. The Balaban J connectivity index is 2.00. The third kappa shape index (κ3) is 4.54. The maximum Gasteiger partial charge on any atom is 0.224 e. The first-order chi connectivity index (χ1) is 9.86. The summed E-state index contributed by atoms with van der Waals surface area (Å²) >= 11 is 0. The van der Waals surface area contributed by atoms with Crippen LogP contribution in [-0.4, -0.2) is 37.8 Å². The lowest BCUT2D eigenvalue weighted by molar-refractivity contribution is -0.121. The van der Waals surface area contributed by atoms with Crippen molar-refractivity contribution in [1.29, 1.82) is 0 Å². The van der Waals surface area contributed by atoms with Crippen LogP contribution in [0, 0.1) is 0 Å². The van der Waals surface area contributed by atoms with Gasteiger partial charge in [0, 0.05) is 12.3 Å². The Morgan fingerprint density at radius 2 is 1.86 bits per heavy atom. The van der Waals surface area contributed by atoms with Gasteiger partial charge in [0.1, 0.15) is 0 Å². The fourth-order valence-corrected chi connectivity index (χ4v) is 3.63. The van der Waals surface area contributed by atoms with E-state index in [1.165, 1.54) is 6.07 Å². The van der Waals surface area contributed by atoms with E-state index in [1.807, 2.05) is 0 Å². The molecule has 1 aliphatic carbocycles. The van der Waals surface area contributed by atoms with Crippen LogP contribution >= 0.6 is 0 Å². The highest BCUT2D eigenvalue weighted by molar-refractivity contribution is 7.90. The molecule has 1 aliphatic rings. The number of hydrogen-bond acceptors (Lipinski definition) is 4. The SMILES string of the molecule is CS(=O)(=O)c1ccccc1CC(=O)NC1CCC(O)CC1. The van der Waals surface area contributed by atoms with Crippen LogP contribution in [0.15, 0.2) is 29.2 Å². The van der Waals surface area contributed by atoms with E-state index in [4.69, 9.17) is 0 Å². The van der Waals surface area contributed by atoms with E-state index < -0.39 is 9.84 Å². The van der Waals surface area contributed by atoms with Crippen molar-refractivity contribution in [3.8, 4) is 0 Å². The van der Waals surface area contributed by atoms with Gasteiger partial charge in [0.2, 0.25) is 5.91 Å². The summed E-state index contributed by atoms with van der Waals surface area (Å²) in [5.41, 5.74) is 0.522. The second-order valence-corrected chi connectivity index (χ2v) is 7.61. The smallest absolute Gasteiger partial charge is 0.224 e. The van der Waals surface area contributed by atoms with E-state index in [-0.39, 0.29) is 29.4 Å². The van der Waals surface area contributed by atoms with Crippen LogP contribution in [0.1, 0.15) is 31.2 Å². The summed E-state index contributed by atoms with van der Waals surface area (Å²) in [6, 6.07) is 6.65. The first kappa shape index (κ1) is 16.0. The molecule has 21 heavy (non-hydrogen) atoms. The highest BCUT2D eigenvalue weighted by Gasteiger charge is 2.21. The quantitative estimate of drug-likeness (QED) is 0.870. The van der Waals surface area contributed by atoms with Crippen molar-refractivity contribution in [1.82, 2.24) is 5.32 Å². The molecule has 0 unspecified atom stereocenters. The lowest BCUT2D eigenvalue weighted by Crippen LogP contribution is -2.39. The summed E-state index contributed by atoms with van der Waals surface area (Å²) < 4.78 is 23.4. The van der Waals surface area contributed by atoms with Crippen LogP contribution in [0.5, 0.6) is 0 Å². The monoisotopic (exact) mass is 311 g/mol. The van der Waals surface area contributed by atoms with Crippen molar-refractivity contribution in [2.75, 3.05) is 6.26 Å². The number of benzene rings is 1. The number of hydrogen-bond donors (Lipinski definition) is 2. The molecule has 0 aliphatic heterocycles. The first-order valence-electron chi connectivity index (χ1n) is 7.11. The van der Waals surface area contributed by atoms with E-state index in [1.54, 1.807) is 18.2 Å². The van der Waals surface area contributed by atoms with Crippen LogP contribution < -0.4 is 5.32 Å². The van der Waals surface area contributed by atoms with Crippen molar-refractivity contribution in [2.45, 2.75) is 49.1 Å². The molecule has 0 bridgehead atoms. The van der Waals surface area contributed by atoms with E-state index in [9.17, 15) is 18.3 Å². The molecule has 2 rings (SSSR count). The number of aliphatic hydroxyl groups excluding tert-OH is 1. The molecular weight excluding hydrogens is 290 g/mol. The van der Waals surface area contributed by atoms with Gasteiger partial charge in [-0.05, 0) is 37.3 Å². The number of carbonyl (C=O) groups is 1. The summed E-state index contributed by atoms with van der Waals surface area (Å²) in [5, 5.41) is 12.4. The molecule has 1 aromatic carbocycles. The molecule has 0 saturated heterocycles. The third-order valence-corrected chi connectivity index (χ3v) is 4.98. The second kappa shape index (κ2) is 6.58. The molecule has 0 heterocycles. The van der Waals surface area contributed by atoms with Crippen LogP contribution in [0.4, 0.5) is 0 Å². The molecule has 116 valence electrons. The molecule has 1 fully saturated rings. The number of sulfone groups is 1. The molecule has 1 saturated carbocycles. The average molecular weight is 311 g/mol. The lowest BCUT2D eigenvalue weighted by atomic mass is 9.93. The van der Waals surface area contributed by atoms with Gasteiger partial charge < -0.3 is 10.4 Å². The summed E-state index contributed by atoms with van der Waals surface area (Å²) in [4.78, 5) is 12.3. The Morgan fingerprint density at radius 3 is 2.48 bits per heavy atom. The predicted molar refractivity (Wildman–Crippen MR) is 79.7 cm³/mol. The number of rotatable bonds is 4. The topological polar surface area (TPSA) is 83.5 Å². The molecule has 0 radical (unpaired) electrons. The van der Waals surface area contributed by atoms with Gasteiger partial charge in [0.05, 0.1) is 17.4 Å². The number of carbonyl (C=O) groups excluding carboxylic acids is 1. The van der Waals surface area contributed by atoms with E-state index in [0.29, 0.717) is 18.4 Å². The minimum Gasteiger partial charge on any atom is -0.393 e. The molecule has 5 nitrogen and oxygen atoms in total. The zero-order valence-corrected chi connectivity index (χ0v) is 12.9. The fourth-order valence-electron chi connectivity index (χ4n) is 2.68. The van der Waals surface area contributed by atoms with Gasteiger partial charge in [0.15, 0.2) is 9.84 Å². The molecule has 1 amide bonds. The van der Waals surface area contributed by atoms with E-state index in [2.05, 4.69) is 5.32 Å². The Labute approximate surface area is 125 Å². The Kier molecular flexibility index (Phi) is 5.00. The van der Waals surface area contributed by atoms with Crippen LogP contribution in [0.25, 0.3) is 0 Å². The maximum absolute atomic E-state index is 12.1. The van der Waals surface area contributed by atoms with Crippen molar-refractivity contribution in [3.05, 3.63) is 29.8 Å². The standard InChI is InChI=1S/C15H21NO4S/c1-21(19,20)14-5-3-2-4-11(14)10-15(18)16-12-6-8-13(17)9-7-12/h2-5,12-13,17H,6-10H2,1H3,(H,16,18). The second-order valence-electron chi connectivity index (χ2n) is 5.63. The largest absolute Gasteiger partial charge is 0.393 e. The minimum absolute atomic E-state index is 0.0578. The fraction of sp³-hybridized carbons (Fsp3) is 0.533. The minimum atomic E-state index is -3.33. The Hall–Kier alpha value is -1.40. The number of amides is 1. The van der Waals surface area contributed by atoms with Crippen LogP contribution in [-0.2, 0) is 21.1 Å². The zero-order valence-electron chi connectivity index (χ0n) is 12.1. The zero-order chi connectivity index (χ0) is 15.5. The highest BCUT2D eigenvalue weighted by Crippen LogP contribution is 2.19. The van der Waals surface area contributed by atoms with Crippen LogP contribution in [0.2, 0.25) is 0 Å². The molecule has 0 atom stereocenters. The van der Waals surface area contributed by atoms with Crippen molar-refractivity contribution < 1.29 is 18.3 Å². The number of aliphatic hydroxyl groups is 1. The van der Waals surface area contributed by atoms with Crippen LogP contribution in [0.3, 0.4) is 0 Å². The molecular formula is C15H21NO4S. The van der Waals surface area contributed by atoms with Crippen molar-refractivity contribution >= 4 is 15.7 Å². The van der Waals surface area contributed by atoms with Crippen molar-refractivity contribution in [3.63, 3.8) is 0 Å². The Morgan fingerprint density at radius 1 is 1.24 bits per heavy atom. The van der Waals surface area contributed by atoms with Crippen molar-refractivity contribution in [2.24, 2.45) is 0 Å². The summed E-state index contributed by atoms with van der Waals surface area (Å²) in [5.74, 6) is -0.174. The molecule has 1 aromatic rings. The molecule has 0 spiro atoms. The van der Waals surface area contributed by atoms with Gasteiger partial charge in [-0.1, -0.05) is 18.2 Å². The average Bonchev–Trinajstić information content (AvgIpc) is 2.41. The van der Waals surface area contributed by atoms with Gasteiger partial charge in [-0.25, -0.2) is 8.42 Å². The van der Waals surface area contributed by atoms with Gasteiger partial charge in [-0.3, -0.25) is 4.79 Å². The third-order valence-electron chi connectivity index (χ3n) is 3.78. The normalized spacial score (nSPS) is 22.8. The first-order valence-corrected chi connectivity index (χ1v) is 9.01. The number of nitrogens with one attached hydrogen (secondary N) is 1. The summed E-state index contributed by atoms with van der Waals surface area (Å²) in [6.07, 6.45) is 3.87. The molecule has 6 heteroatoms. The molecule has 2 N–H and O–H groups in total. The molecule has 0 aromatic heterocycles. The van der Waals surface area contributed by atoms with Gasteiger partial charge in [-0.15, -0.1) is 0 Å². The summed E-state index contributed by atoms with van der Waals surface area (Å²) in [6.45, 7) is 0. The van der Waals surface area contributed by atoms with E-state index >= 15 is 0 Å². The highest BCUT2D eigenvalue weighted by atomic mass is 32.2. The predicted octanol–water partition coefficient (Wildman–Crippen LogP) is 1.05. The van der Waals surface area contributed by atoms with Gasteiger partial charge in [0.25, 0.3) is 0 Å². The lowest BCUT2D eigenvalue weighted by Gasteiger charge is -2.26. The van der Waals surface area contributed by atoms with Gasteiger partial charge in [-0.2, -0.15) is 0 Å². The van der Waals surface area contributed by atoms with Gasteiger partial charge >= 0.3 is 0 Å².